The molecule has 16 heavy (non-hydrogen) atoms. The first kappa shape index (κ1) is 11.2. The average Bonchev–Trinajstić information content (AvgIpc) is 2.83. The van der Waals surface area contributed by atoms with Gasteiger partial charge in [-0.1, -0.05) is 0 Å². The van der Waals surface area contributed by atoms with E-state index in [2.05, 4.69) is 5.10 Å². The molecule has 1 heterocycles. The van der Waals surface area contributed by atoms with Crippen LogP contribution in [0.1, 0.15) is 38.6 Å². The molecular formula is C12H18N2O2. The van der Waals surface area contributed by atoms with E-state index >= 15 is 0 Å². The van der Waals surface area contributed by atoms with Crippen molar-refractivity contribution >= 4 is 5.97 Å². The molecule has 2 rings (SSSR count). The summed E-state index contributed by atoms with van der Waals surface area (Å²) in [6.07, 6.45) is 7.68. The van der Waals surface area contributed by atoms with E-state index in [4.69, 9.17) is 4.74 Å². The minimum atomic E-state index is -0.0265. The second-order valence-electron chi connectivity index (χ2n) is 4.24. The molecule has 88 valence electrons. The van der Waals surface area contributed by atoms with Crippen molar-refractivity contribution < 1.29 is 9.53 Å². The first-order valence-electron chi connectivity index (χ1n) is 5.97. The Labute approximate surface area is 95.6 Å². The summed E-state index contributed by atoms with van der Waals surface area (Å²) in [5.41, 5.74) is 0. The Balaban J connectivity index is 1.85. The second-order valence-corrected chi connectivity index (χ2v) is 4.24. The van der Waals surface area contributed by atoms with Crippen LogP contribution in [0.25, 0.3) is 0 Å². The van der Waals surface area contributed by atoms with Gasteiger partial charge in [0.05, 0.1) is 18.6 Å². The van der Waals surface area contributed by atoms with E-state index in [9.17, 15) is 4.79 Å². The van der Waals surface area contributed by atoms with Crippen LogP contribution in [0, 0.1) is 5.92 Å². The van der Waals surface area contributed by atoms with Crippen LogP contribution in [-0.4, -0.2) is 22.4 Å². The lowest BCUT2D eigenvalue weighted by molar-refractivity contribution is -0.149. The molecule has 0 aromatic carbocycles. The highest BCUT2D eigenvalue weighted by atomic mass is 16.5. The predicted octanol–water partition coefficient (Wildman–Crippen LogP) is 2.18. The highest BCUT2D eigenvalue weighted by Gasteiger charge is 2.27. The average molecular weight is 222 g/mol. The van der Waals surface area contributed by atoms with Crippen molar-refractivity contribution in [1.82, 2.24) is 9.78 Å². The van der Waals surface area contributed by atoms with Gasteiger partial charge in [-0.3, -0.25) is 9.48 Å². The van der Waals surface area contributed by atoms with Gasteiger partial charge in [-0.25, -0.2) is 0 Å². The zero-order chi connectivity index (χ0) is 11.4. The normalized spacial score (nSPS) is 25.3. The summed E-state index contributed by atoms with van der Waals surface area (Å²) in [7, 11) is 0. The van der Waals surface area contributed by atoms with Crippen LogP contribution in [0.3, 0.4) is 0 Å². The molecule has 1 aliphatic rings. The Morgan fingerprint density at radius 2 is 2.19 bits per heavy atom. The lowest BCUT2D eigenvalue weighted by Crippen LogP contribution is -2.25. The van der Waals surface area contributed by atoms with Crippen molar-refractivity contribution in [3.63, 3.8) is 0 Å². The molecule has 1 aromatic rings. The van der Waals surface area contributed by atoms with Crippen molar-refractivity contribution in [2.75, 3.05) is 6.61 Å². The lowest BCUT2D eigenvalue weighted by atomic mass is 9.86. The van der Waals surface area contributed by atoms with Crippen LogP contribution >= 0.6 is 0 Å². The molecule has 4 heteroatoms. The Morgan fingerprint density at radius 3 is 2.75 bits per heavy atom. The number of rotatable bonds is 3. The zero-order valence-corrected chi connectivity index (χ0v) is 9.63. The Bertz CT molecular complexity index is 327. The third kappa shape index (κ3) is 2.43. The minimum Gasteiger partial charge on any atom is -0.466 e. The number of aromatic nitrogens is 2. The van der Waals surface area contributed by atoms with Gasteiger partial charge in [0.25, 0.3) is 0 Å². The minimum absolute atomic E-state index is 0.0265. The second kappa shape index (κ2) is 5.14. The van der Waals surface area contributed by atoms with Crippen LogP contribution in [0.15, 0.2) is 18.5 Å². The fraction of sp³-hybridized carbons (Fsp3) is 0.667. The molecule has 0 N–H and O–H groups in total. The molecule has 0 atom stereocenters. The molecule has 0 unspecified atom stereocenters. The van der Waals surface area contributed by atoms with E-state index in [1.807, 2.05) is 23.9 Å². The fourth-order valence-electron chi connectivity index (χ4n) is 2.33. The van der Waals surface area contributed by atoms with E-state index in [-0.39, 0.29) is 11.9 Å². The Kier molecular flexibility index (Phi) is 3.59. The van der Waals surface area contributed by atoms with Gasteiger partial charge in [0.1, 0.15) is 0 Å². The van der Waals surface area contributed by atoms with E-state index < -0.39 is 0 Å². The summed E-state index contributed by atoms with van der Waals surface area (Å²) >= 11 is 0. The molecule has 1 saturated carbocycles. The number of nitrogens with zero attached hydrogens (tertiary/aromatic N) is 2. The van der Waals surface area contributed by atoms with E-state index in [1.54, 1.807) is 6.20 Å². The summed E-state index contributed by atoms with van der Waals surface area (Å²) < 4.78 is 7.05. The maximum Gasteiger partial charge on any atom is 0.308 e. The van der Waals surface area contributed by atoms with Gasteiger partial charge < -0.3 is 4.74 Å². The van der Waals surface area contributed by atoms with Gasteiger partial charge in [0.15, 0.2) is 0 Å². The summed E-state index contributed by atoms with van der Waals surface area (Å²) in [6.45, 7) is 2.34. The highest BCUT2D eigenvalue weighted by molar-refractivity contribution is 5.72. The van der Waals surface area contributed by atoms with Crippen LogP contribution < -0.4 is 0 Å². The molecule has 0 aliphatic heterocycles. The number of esters is 1. The molecule has 4 nitrogen and oxygen atoms in total. The maximum atomic E-state index is 11.5. The van der Waals surface area contributed by atoms with Crippen molar-refractivity contribution in [2.24, 2.45) is 5.92 Å². The van der Waals surface area contributed by atoms with Gasteiger partial charge >= 0.3 is 5.97 Å². The third-order valence-electron chi connectivity index (χ3n) is 3.22. The fourth-order valence-corrected chi connectivity index (χ4v) is 2.33. The first-order valence-corrected chi connectivity index (χ1v) is 5.97. The van der Waals surface area contributed by atoms with Crippen molar-refractivity contribution in [1.29, 1.82) is 0 Å². The maximum absolute atomic E-state index is 11.5. The standard InChI is InChI=1S/C12H18N2O2/c1-2-16-12(15)10-4-6-11(7-5-10)14-9-3-8-13-14/h3,8-11H,2,4-7H2,1H3/t10-,11-. The van der Waals surface area contributed by atoms with Crippen LogP contribution in [0.4, 0.5) is 0 Å². The SMILES string of the molecule is CCOC(=O)[C@H]1CC[C@H](n2cccn2)CC1. The monoisotopic (exact) mass is 222 g/mol. The number of carbonyl (C=O) groups is 1. The van der Waals surface area contributed by atoms with E-state index in [0.717, 1.165) is 25.7 Å². The molecule has 0 saturated heterocycles. The molecule has 0 radical (unpaired) electrons. The number of carbonyl (C=O) groups excluding carboxylic acids is 1. The number of hydrogen-bond acceptors (Lipinski definition) is 3. The van der Waals surface area contributed by atoms with Gasteiger partial charge in [0, 0.05) is 12.4 Å². The van der Waals surface area contributed by atoms with Crippen LogP contribution in [-0.2, 0) is 9.53 Å². The molecule has 1 aliphatic carbocycles. The largest absolute Gasteiger partial charge is 0.466 e. The van der Waals surface area contributed by atoms with E-state index in [0.29, 0.717) is 12.6 Å². The van der Waals surface area contributed by atoms with Crippen LogP contribution in [0.5, 0.6) is 0 Å². The van der Waals surface area contributed by atoms with E-state index in [1.165, 1.54) is 0 Å². The van der Waals surface area contributed by atoms with Crippen molar-refractivity contribution in [3.8, 4) is 0 Å². The van der Waals surface area contributed by atoms with Gasteiger partial charge in [-0.05, 0) is 38.7 Å². The summed E-state index contributed by atoms with van der Waals surface area (Å²) in [5, 5.41) is 4.25. The summed E-state index contributed by atoms with van der Waals surface area (Å²) in [5.74, 6) is 0.0770. The number of hydrogen-bond donors (Lipinski definition) is 0. The molecular weight excluding hydrogens is 204 g/mol. The Morgan fingerprint density at radius 1 is 1.44 bits per heavy atom. The lowest BCUT2D eigenvalue weighted by Gasteiger charge is -2.27. The molecule has 0 bridgehead atoms. The highest BCUT2D eigenvalue weighted by Crippen LogP contribution is 2.32. The quantitative estimate of drug-likeness (QED) is 0.736. The smallest absolute Gasteiger partial charge is 0.308 e. The van der Waals surface area contributed by atoms with Crippen molar-refractivity contribution in [3.05, 3.63) is 18.5 Å². The molecule has 0 amide bonds. The zero-order valence-electron chi connectivity index (χ0n) is 9.63. The topological polar surface area (TPSA) is 44.1 Å². The van der Waals surface area contributed by atoms with Crippen molar-refractivity contribution in [2.45, 2.75) is 38.6 Å². The Hall–Kier alpha value is -1.32. The van der Waals surface area contributed by atoms with Crippen LogP contribution in [0.2, 0.25) is 0 Å². The van der Waals surface area contributed by atoms with Gasteiger partial charge in [-0.2, -0.15) is 5.10 Å². The summed E-state index contributed by atoms with van der Waals surface area (Å²) in [6, 6.07) is 2.40. The summed E-state index contributed by atoms with van der Waals surface area (Å²) in [4.78, 5) is 11.5. The third-order valence-corrected chi connectivity index (χ3v) is 3.22. The number of ether oxygens (including phenoxy) is 1. The van der Waals surface area contributed by atoms with Gasteiger partial charge in [-0.15, -0.1) is 0 Å². The molecule has 1 aromatic heterocycles. The molecule has 0 spiro atoms. The van der Waals surface area contributed by atoms with Gasteiger partial charge in [0.2, 0.25) is 0 Å². The first-order chi connectivity index (χ1) is 7.81. The molecule has 1 fully saturated rings. The predicted molar refractivity (Wildman–Crippen MR) is 59.9 cm³/mol.